The average Bonchev–Trinajstić information content (AvgIpc) is 2.46. The molecule has 0 fully saturated rings. The number of aliphatic imine (C=N–C) groups is 1. The van der Waals surface area contributed by atoms with Gasteiger partial charge in [-0.25, -0.2) is 4.99 Å². The molecule has 2 aromatic rings. The predicted molar refractivity (Wildman–Crippen MR) is 73.4 cm³/mol. The number of amidine groups is 1. The minimum atomic E-state index is -0.132. The lowest BCUT2D eigenvalue weighted by Gasteiger charge is -2.14. The lowest BCUT2D eigenvalue weighted by atomic mass is 9.99. The fourth-order valence-electron chi connectivity index (χ4n) is 1.79. The molecule has 0 saturated heterocycles. The van der Waals surface area contributed by atoms with Crippen molar-refractivity contribution < 1.29 is 4.74 Å². The Morgan fingerprint density at radius 1 is 0.944 bits per heavy atom. The Bertz CT molecular complexity index is 469. The van der Waals surface area contributed by atoms with Crippen molar-refractivity contribution in [2.24, 2.45) is 10.7 Å². The second-order valence-electron chi connectivity index (χ2n) is 3.90. The topological polar surface area (TPSA) is 47.6 Å². The van der Waals surface area contributed by atoms with E-state index >= 15 is 0 Å². The molecular weight excluding hydrogens is 224 g/mol. The van der Waals surface area contributed by atoms with E-state index in [2.05, 4.69) is 4.99 Å². The van der Waals surface area contributed by atoms with Crippen molar-refractivity contribution in [3.05, 3.63) is 71.8 Å². The van der Waals surface area contributed by atoms with Crippen LogP contribution in [0.25, 0.3) is 0 Å². The number of hydrogen-bond donors (Lipinski definition) is 1. The van der Waals surface area contributed by atoms with Gasteiger partial charge in [0.15, 0.2) is 0 Å². The van der Waals surface area contributed by atoms with Gasteiger partial charge in [-0.3, -0.25) is 0 Å². The Morgan fingerprint density at radius 3 is 1.78 bits per heavy atom. The summed E-state index contributed by atoms with van der Waals surface area (Å²) in [4.78, 5) is 4.41. The average molecular weight is 240 g/mol. The molecule has 0 spiro atoms. The Balaban J connectivity index is 2.42. The molecule has 0 unspecified atom stereocenters. The standard InChI is InChI=1S/C15H16N2O/c1-18-15(16)17-14(12-8-4-2-5-9-12)13-10-6-3-7-11-13/h2-11,14H,1H3,(H2,16,17). The molecule has 2 rings (SSSR count). The second kappa shape index (κ2) is 5.87. The summed E-state index contributed by atoms with van der Waals surface area (Å²) in [5, 5.41) is 0. The summed E-state index contributed by atoms with van der Waals surface area (Å²) < 4.78 is 4.95. The van der Waals surface area contributed by atoms with E-state index in [1.165, 1.54) is 7.11 Å². The van der Waals surface area contributed by atoms with Crippen LogP contribution in [-0.4, -0.2) is 13.1 Å². The van der Waals surface area contributed by atoms with E-state index in [0.717, 1.165) is 11.1 Å². The van der Waals surface area contributed by atoms with Gasteiger partial charge in [0.25, 0.3) is 6.02 Å². The molecular formula is C15H16N2O. The molecule has 3 heteroatoms. The molecule has 0 radical (unpaired) electrons. The van der Waals surface area contributed by atoms with E-state index in [1.54, 1.807) is 0 Å². The van der Waals surface area contributed by atoms with Gasteiger partial charge in [-0.05, 0) is 11.1 Å². The zero-order valence-electron chi connectivity index (χ0n) is 10.3. The van der Waals surface area contributed by atoms with Crippen molar-refractivity contribution in [3.8, 4) is 0 Å². The maximum absolute atomic E-state index is 5.68. The zero-order valence-corrected chi connectivity index (χ0v) is 10.3. The number of benzene rings is 2. The molecule has 0 saturated carbocycles. The summed E-state index contributed by atoms with van der Waals surface area (Å²) in [6, 6.07) is 20.1. The Morgan fingerprint density at radius 2 is 1.39 bits per heavy atom. The lowest BCUT2D eigenvalue weighted by Crippen LogP contribution is -2.16. The van der Waals surface area contributed by atoms with Gasteiger partial charge in [-0.2, -0.15) is 0 Å². The van der Waals surface area contributed by atoms with Gasteiger partial charge in [0.05, 0.1) is 7.11 Å². The van der Waals surface area contributed by atoms with Crippen LogP contribution >= 0.6 is 0 Å². The SMILES string of the molecule is COC(N)=NC(c1ccccc1)c1ccccc1. The van der Waals surface area contributed by atoms with Crippen LogP contribution in [-0.2, 0) is 4.74 Å². The van der Waals surface area contributed by atoms with Crippen molar-refractivity contribution >= 4 is 6.02 Å². The molecule has 0 heterocycles. The summed E-state index contributed by atoms with van der Waals surface area (Å²) in [7, 11) is 1.52. The third kappa shape index (κ3) is 2.88. The van der Waals surface area contributed by atoms with Crippen molar-refractivity contribution in [1.29, 1.82) is 0 Å². The summed E-state index contributed by atoms with van der Waals surface area (Å²) in [6.07, 6.45) is 0. The van der Waals surface area contributed by atoms with E-state index in [9.17, 15) is 0 Å². The maximum Gasteiger partial charge on any atom is 0.282 e. The quantitative estimate of drug-likeness (QED) is 0.662. The molecule has 92 valence electrons. The molecule has 3 nitrogen and oxygen atoms in total. The number of methoxy groups -OCH3 is 1. The van der Waals surface area contributed by atoms with Crippen LogP contribution in [0.15, 0.2) is 65.7 Å². The van der Waals surface area contributed by atoms with E-state index in [4.69, 9.17) is 10.5 Å². The van der Waals surface area contributed by atoms with Crippen molar-refractivity contribution in [2.75, 3.05) is 7.11 Å². The van der Waals surface area contributed by atoms with Crippen LogP contribution < -0.4 is 5.73 Å². The van der Waals surface area contributed by atoms with Gasteiger partial charge in [0.1, 0.15) is 6.04 Å². The number of ether oxygens (including phenoxy) is 1. The van der Waals surface area contributed by atoms with Gasteiger partial charge in [0, 0.05) is 0 Å². The first-order valence-electron chi connectivity index (χ1n) is 5.78. The van der Waals surface area contributed by atoms with E-state index < -0.39 is 0 Å². The normalized spacial score (nSPS) is 11.6. The highest BCUT2D eigenvalue weighted by atomic mass is 16.5. The Kier molecular flexibility index (Phi) is 3.97. The van der Waals surface area contributed by atoms with E-state index in [0.29, 0.717) is 0 Å². The van der Waals surface area contributed by atoms with Crippen LogP contribution in [0.5, 0.6) is 0 Å². The van der Waals surface area contributed by atoms with Crippen LogP contribution in [0.3, 0.4) is 0 Å². The smallest absolute Gasteiger partial charge is 0.282 e. The van der Waals surface area contributed by atoms with Crippen molar-refractivity contribution in [3.63, 3.8) is 0 Å². The molecule has 0 aliphatic heterocycles. The Labute approximate surface area is 107 Å². The minimum Gasteiger partial charge on any atom is -0.469 e. The van der Waals surface area contributed by atoms with Crippen LogP contribution in [0.2, 0.25) is 0 Å². The van der Waals surface area contributed by atoms with Gasteiger partial charge in [-0.1, -0.05) is 60.7 Å². The zero-order chi connectivity index (χ0) is 12.8. The molecule has 0 aromatic heterocycles. The number of nitrogens with zero attached hydrogens (tertiary/aromatic N) is 1. The lowest BCUT2D eigenvalue weighted by molar-refractivity contribution is 0.392. The fourth-order valence-corrected chi connectivity index (χ4v) is 1.79. The predicted octanol–water partition coefficient (Wildman–Crippen LogP) is 2.74. The third-order valence-corrected chi connectivity index (χ3v) is 2.70. The molecule has 0 atom stereocenters. The number of hydrogen-bond acceptors (Lipinski definition) is 2. The van der Waals surface area contributed by atoms with Gasteiger partial charge < -0.3 is 10.5 Å². The summed E-state index contributed by atoms with van der Waals surface area (Å²) in [5.41, 5.74) is 7.85. The van der Waals surface area contributed by atoms with Crippen LogP contribution in [0, 0.1) is 0 Å². The molecule has 0 aliphatic carbocycles. The number of nitrogens with two attached hydrogens (primary N) is 1. The first kappa shape index (κ1) is 12.2. The number of rotatable bonds is 3. The highest BCUT2D eigenvalue weighted by molar-refractivity contribution is 5.71. The molecule has 2 N–H and O–H groups in total. The second-order valence-corrected chi connectivity index (χ2v) is 3.90. The van der Waals surface area contributed by atoms with Gasteiger partial charge in [0.2, 0.25) is 0 Å². The van der Waals surface area contributed by atoms with E-state index in [1.807, 2.05) is 60.7 Å². The fraction of sp³-hybridized carbons (Fsp3) is 0.133. The van der Waals surface area contributed by atoms with Crippen LogP contribution in [0.1, 0.15) is 17.2 Å². The molecule has 0 aliphatic rings. The largest absolute Gasteiger partial charge is 0.469 e. The molecule has 2 aromatic carbocycles. The van der Waals surface area contributed by atoms with Gasteiger partial charge in [-0.15, -0.1) is 0 Å². The van der Waals surface area contributed by atoms with E-state index in [-0.39, 0.29) is 12.1 Å². The highest BCUT2D eigenvalue weighted by Gasteiger charge is 2.12. The third-order valence-electron chi connectivity index (χ3n) is 2.70. The highest BCUT2D eigenvalue weighted by Crippen LogP contribution is 2.25. The monoisotopic (exact) mass is 240 g/mol. The Hall–Kier alpha value is -2.29. The summed E-state index contributed by atoms with van der Waals surface area (Å²) in [6.45, 7) is 0. The first-order chi connectivity index (χ1) is 8.81. The summed E-state index contributed by atoms with van der Waals surface area (Å²) >= 11 is 0. The van der Waals surface area contributed by atoms with Gasteiger partial charge >= 0.3 is 0 Å². The minimum absolute atomic E-state index is 0.132. The molecule has 0 bridgehead atoms. The maximum atomic E-state index is 5.68. The summed E-state index contributed by atoms with van der Waals surface area (Å²) in [5.74, 6) is 0. The first-order valence-corrected chi connectivity index (χ1v) is 5.78. The van der Waals surface area contributed by atoms with Crippen LogP contribution in [0.4, 0.5) is 0 Å². The van der Waals surface area contributed by atoms with Crippen molar-refractivity contribution in [2.45, 2.75) is 6.04 Å². The molecule has 18 heavy (non-hydrogen) atoms. The van der Waals surface area contributed by atoms with Crippen molar-refractivity contribution in [1.82, 2.24) is 0 Å². The molecule has 0 amide bonds.